The van der Waals surface area contributed by atoms with Gasteiger partial charge in [-0.05, 0) is 6.92 Å². The third kappa shape index (κ3) is 3.83. The first-order valence-corrected chi connectivity index (χ1v) is 2.67. The fraction of sp³-hybridized carbons (Fsp3) is 0.600. The molecule has 0 aromatic heterocycles. The molecule has 0 heterocycles. The normalized spacial score (nSPS) is 12.1. The van der Waals surface area contributed by atoms with E-state index in [2.05, 4.69) is 0 Å². The van der Waals surface area contributed by atoms with E-state index in [9.17, 15) is 0 Å². The highest BCUT2D eigenvalue weighted by molar-refractivity contribution is 6.19. The maximum atomic E-state index is 8.23. The molecule has 1 N–H and O–H groups in total. The van der Waals surface area contributed by atoms with Crippen LogP contribution < -0.4 is 0 Å². The van der Waals surface area contributed by atoms with Gasteiger partial charge in [0.25, 0.3) is 0 Å². The van der Waals surface area contributed by atoms with Gasteiger partial charge in [0.05, 0.1) is 6.61 Å². The van der Waals surface area contributed by atoms with Crippen molar-refractivity contribution in [1.82, 2.24) is 0 Å². The molecule has 7 heavy (non-hydrogen) atoms. The van der Waals surface area contributed by atoms with Crippen molar-refractivity contribution in [2.24, 2.45) is 0 Å². The smallest absolute Gasteiger partial charge is 0.0615 e. The molecular formula is C5H9ClO. The maximum absolute atomic E-state index is 8.23. The zero-order chi connectivity index (χ0) is 5.70. The van der Waals surface area contributed by atoms with Gasteiger partial charge in [-0.1, -0.05) is 11.6 Å². The molecule has 1 nitrogen and oxygen atoms in total. The molecule has 0 aliphatic carbocycles. The topological polar surface area (TPSA) is 20.2 Å². The van der Waals surface area contributed by atoms with Crippen molar-refractivity contribution in [3.05, 3.63) is 11.6 Å². The quantitative estimate of drug-likeness (QED) is 0.429. The number of halogens is 1. The van der Waals surface area contributed by atoms with Gasteiger partial charge in [-0.25, -0.2) is 0 Å². The van der Waals surface area contributed by atoms with Crippen LogP contribution >= 0.6 is 11.6 Å². The lowest BCUT2D eigenvalue weighted by Gasteiger charge is -1.86. The lowest BCUT2D eigenvalue weighted by Crippen LogP contribution is -1.79. The number of hydrogen-bond donors (Lipinski definition) is 1. The van der Waals surface area contributed by atoms with Crippen molar-refractivity contribution in [3.8, 4) is 0 Å². The third-order valence-corrected chi connectivity index (χ3v) is 1.07. The highest BCUT2D eigenvalue weighted by Gasteiger charge is 1.79. The van der Waals surface area contributed by atoms with Crippen molar-refractivity contribution >= 4 is 11.6 Å². The number of hydrogen-bond acceptors (Lipinski definition) is 1. The van der Waals surface area contributed by atoms with Crippen LogP contribution in [0.1, 0.15) is 6.92 Å². The Kier molecular flexibility index (Phi) is 4.15. The number of rotatable bonds is 2. The summed E-state index contributed by atoms with van der Waals surface area (Å²) < 4.78 is 0. The molecule has 0 fully saturated rings. The van der Waals surface area contributed by atoms with E-state index in [0.717, 1.165) is 5.57 Å². The van der Waals surface area contributed by atoms with Crippen LogP contribution in [0.3, 0.4) is 0 Å². The first-order valence-electron chi connectivity index (χ1n) is 2.13. The predicted molar refractivity (Wildman–Crippen MR) is 31.6 cm³/mol. The van der Waals surface area contributed by atoms with Gasteiger partial charge < -0.3 is 5.11 Å². The predicted octanol–water partition coefficient (Wildman–Crippen LogP) is 1.16. The Morgan fingerprint density at radius 1 is 1.86 bits per heavy atom. The fourth-order valence-corrected chi connectivity index (χ4v) is 0.320. The minimum Gasteiger partial charge on any atom is -0.392 e. The van der Waals surface area contributed by atoms with Gasteiger partial charge in [0.15, 0.2) is 0 Å². The van der Waals surface area contributed by atoms with Gasteiger partial charge in [0.1, 0.15) is 0 Å². The second kappa shape index (κ2) is 4.16. The monoisotopic (exact) mass is 120 g/mol. The zero-order valence-electron chi connectivity index (χ0n) is 4.32. The minimum absolute atomic E-state index is 0.0958. The largest absolute Gasteiger partial charge is 0.392 e. The average molecular weight is 121 g/mol. The van der Waals surface area contributed by atoms with Crippen LogP contribution in [0.5, 0.6) is 0 Å². The summed E-state index contributed by atoms with van der Waals surface area (Å²) in [5.74, 6) is 0.514. The summed E-state index contributed by atoms with van der Waals surface area (Å²) in [4.78, 5) is 0. The summed E-state index contributed by atoms with van der Waals surface area (Å²) in [6, 6.07) is 0. The molecule has 0 aliphatic heterocycles. The Hall–Kier alpha value is -0.0100. The molecule has 0 unspecified atom stereocenters. The van der Waals surface area contributed by atoms with Crippen LogP contribution in [-0.2, 0) is 0 Å². The van der Waals surface area contributed by atoms with Gasteiger partial charge >= 0.3 is 0 Å². The Labute approximate surface area is 48.6 Å². The van der Waals surface area contributed by atoms with E-state index in [4.69, 9.17) is 16.7 Å². The molecule has 0 saturated heterocycles. The second-order valence-electron chi connectivity index (χ2n) is 1.37. The van der Waals surface area contributed by atoms with Crippen molar-refractivity contribution in [2.75, 3.05) is 12.5 Å². The minimum atomic E-state index is 0.0958. The number of alkyl halides is 1. The number of allylic oxidation sites excluding steroid dienone is 1. The molecule has 0 rings (SSSR count). The van der Waals surface area contributed by atoms with Gasteiger partial charge in [0.2, 0.25) is 0 Å². The average Bonchev–Trinajstić information content (AvgIpc) is 1.68. The van der Waals surface area contributed by atoms with E-state index in [1.165, 1.54) is 0 Å². The van der Waals surface area contributed by atoms with Gasteiger partial charge in [0, 0.05) is 5.88 Å². The van der Waals surface area contributed by atoms with E-state index in [1.807, 2.05) is 6.92 Å². The highest BCUT2D eigenvalue weighted by Crippen LogP contribution is 1.92. The number of aliphatic hydroxyl groups is 1. The first-order chi connectivity index (χ1) is 3.31. The van der Waals surface area contributed by atoms with Crippen LogP contribution in [0, 0.1) is 0 Å². The lowest BCUT2D eigenvalue weighted by atomic mass is 10.3. The van der Waals surface area contributed by atoms with Crippen molar-refractivity contribution in [1.29, 1.82) is 0 Å². The van der Waals surface area contributed by atoms with Crippen LogP contribution in [0.2, 0.25) is 0 Å². The summed E-state index contributed by atoms with van der Waals surface area (Å²) in [6.45, 7) is 1.97. The molecule has 2 heteroatoms. The van der Waals surface area contributed by atoms with Crippen molar-refractivity contribution in [3.63, 3.8) is 0 Å². The van der Waals surface area contributed by atoms with E-state index >= 15 is 0 Å². The van der Waals surface area contributed by atoms with Gasteiger partial charge in [-0.15, -0.1) is 11.6 Å². The van der Waals surface area contributed by atoms with Crippen LogP contribution in [-0.4, -0.2) is 17.6 Å². The molecule has 0 saturated carbocycles. The van der Waals surface area contributed by atoms with Crippen molar-refractivity contribution < 1.29 is 5.11 Å². The molecule has 0 bridgehead atoms. The van der Waals surface area contributed by atoms with E-state index < -0.39 is 0 Å². The molecule has 0 amide bonds. The van der Waals surface area contributed by atoms with Crippen LogP contribution in [0.4, 0.5) is 0 Å². The molecule has 0 aliphatic rings. The van der Waals surface area contributed by atoms with E-state index in [1.54, 1.807) is 6.08 Å². The lowest BCUT2D eigenvalue weighted by molar-refractivity contribution is 0.342. The SMILES string of the molecule is CC(=CCO)CCl. The molecule has 0 atom stereocenters. The Balaban J connectivity index is 3.29. The summed E-state index contributed by atoms with van der Waals surface area (Å²) in [5, 5.41) is 8.23. The Bertz CT molecular complexity index is 68.5. The molecular weight excluding hydrogens is 112 g/mol. The van der Waals surface area contributed by atoms with E-state index in [-0.39, 0.29) is 6.61 Å². The Morgan fingerprint density at radius 2 is 2.43 bits per heavy atom. The summed E-state index contributed by atoms with van der Waals surface area (Å²) in [6.07, 6.45) is 1.69. The zero-order valence-corrected chi connectivity index (χ0v) is 5.07. The Morgan fingerprint density at radius 3 is 2.57 bits per heavy atom. The van der Waals surface area contributed by atoms with Crippen LogP contribution in [0.25, 0.3) is 0 Å². The van der Waals surface area contributed by atoms with Gasteiger partial charge in [-0.3, -0.25) is 0 Å². The summed E-state index contributed by atoms with van der Waals surface area (Å²) in [5.41, 5.74) is 1.02. The molecule has 0 radical (unpaired) electrons. The highest BCUT2D eigenvalue weighted by atomic mass is 35.5. The first kappa shape index (κ1) is 6.99. The van der Waals surface area contributed by atoms with Gasteiger partial charge in [-0.2, -0.15) is 0 Å². The summed E-state index contributed by atoms with van der Waals surface area (Å²) >= 11 is 5.35. The van der Waals surface area contributed by atoms with E-state index in [0.29, 0.717) is 5.88 Å². The molecule has 0 aromatic carbocycles. The molecule has 0 spiro atoms. The third-order valence-electron chi connectivity index (χ3n) is 0.651. The van der Waals surface area contributed by atoms with Crippen LogP contribution in [0.15, 0.2) is 11.6 Å². The second-order valence-corrected chi connectivity index (χ2v) is 1.63. The standard InChI is InChI=1S/C5H9ClO/c1-5(4-6)2-3-7/h2,7H,3-4H2,1H3. The molecule has 42 valence electrons. The maximum Gasteiger partial charge on any atom is 0.0615 e. The summed E-state index contributed by atoms with van der Waals surface area (Å²) in [7, 11) is 0. The fourth-order valence-electron chi connectivity index (χ4n) is 0.210. The molecule has 0 aromatic rings. The van der Waals surface area contributed by atoms with Crippen molar-refractivity contribution in [2.45, 2.75) is 6.92 Å². The number of aliphatic hydroxyl groups excluding tert-OH is 1.